The number of esters is 1. The summed E-state index contributed by atoms with van der Waals surface area (Å²) in [6.45, 7) is 3.49. The Hall–Kier alpha value is -2.38. The average Bonchev–Trinajstić information content (AvgIpc) is 2.78. The highest BCUT2D eigenvalue weighted by Crippen LogP contribution is 2.42. The smallest absolute Gasteiger partial charge is 0.341 e. The molecule has 0 spiro atoms. The minimum Gasteiger partial charge on any atom is -0.496 e. The Morgan fingerprint density at radius 1 is 1.29 bits per heavy atom. The lowest BCUT2D eigenvalue weighted by Crippen LogP contribution is -2.44. The number of hydrogen-bond donors (Lipinski definition) is 1. The maximum absolute atomic E-state index is 12.2. The van der Waals surface area contributed by atoms with E-state index in [2.05, 4.69) is 0 Å². The number of rotatable bonds is 4. The lowest BCUT2D eigenvalue weighted by atomic mass is 9.93. The predicted octanol–water partition coefficient (Wildman–Crippen LogP) is 1.56. The van der Waals surface area contributed by atoms with Gasteiger partial charge in [-0.05, 0) is 26.0 Å². The fourth-order valence-electron chi connectivity index (χ4n) is 2.90. The summed E-state index contributed by atoms with van der Waals surface area (Å²) in [5, 5.41) is 11.2. The Bertz CT molecular complexity index is 840. The highest BCUT2D eigenvalue weighted by molar-refractivity contribution is 5.84. The second-order valence-corrected chi connectivity index (χ2v) is 5.70. The van der Waals surface area contributed by atoms with E-state index in [1.807, 2.05) is 0 Å². The molecule has 1 aliphatic rings. The van der Waals surface area contributed by atoms with Gasteiger partial charge >= 0.3 is 11.6 Å². The van der Waals surface area contributed by atoms with Gasteiger partial charge in [-0.25, -0.2) is 9.59 Å². The number of fused-ring (bicyclic) bond motifs is 1. The largest absolute Gasteiger partial charge is 0.496 e. The van der Waals surface area contributed by atoms with Gasteiger partial charge in [0.25, 0.3) is 0 Å². The van der Waals surface area contributed by atoms with Crippen molar-refractivity contribution in [3.8, 4) is 5.75 Å². The monoisotopic (exact) mass is 334 g/mol. The van der Waals surface area contributed by atoms with Crippen molar-refractivity contribution in [2.75, 3.05) is 13.7 Å². The predicted molar refractivity (Wildman–Crippen MR) is 83.9 cm³/mol. The van der Waals surface area contributed by atoms with Gasteiger partial charge in [-0.3, -0.25) is 0 Å². The van der Waals surface area contributed by atoms with Gasteiger partial charge in [0.05, 0.1) is 7.11 Å². The van der Waals surface area contributed by atoms with E-state index in [0.717, 1.165) is 0 Å². The number of aliphatic hydroxyl groups excluding tert-OH is 1. The molecule has 0 amide bonds. The molecule has 24 heavy (non-hydrogen) atoms. The number of cyclic esters (lactones) is 1. The van der Waals surface area contributed by atoms with E-state index < -0.39 is 29.4 Å². The Kier molecular flexibility index (Phi) is 4.06. The molecule has 1 saturated heterocycles. The lowest BCUT2D eigenvalue weighted by molar-refractivity contribution is -0.161. The van der Waals surface area contributed by atoms with Crippen LogP contribution in [0.15, 0.2) is 33.5 Å². The zero-order valence-corrected chi connectivity index (χ0v) is 13.6. The molecule has 1 aromatic carbocycles. The van der Waals surface area contributed by atoms with Crippen molar-refractivity contribution in [2.45, 2.75) is 31.7 Å². The topological polar surface area (TPSA) is 95.2 Å². The molecule has 7 nitrogen and oxygen atoms in total. The molecule has 1 fully saturated rings. The van der Waals surface area contributed by atoms with Gasteiger partial charge in [0.1, 0.15) is 17.4 Å². The Balaban J connectivity index is 2.10. The summed E-state index contributed by atoms with van der Waals surface area (Å²) in [6, 6.07) is 6.08. The molecule has 128 valence electrons. The zero-order chi connectivity index (χ0) is 17.5. The van der Waals surface area contributed by atoms with Crippen LogP contribution in [0, 0.1) is 0 Å². The van der Waals surface area contributed by atoms with Gasteiger partial charge in [-0.2, -0.15) is 0 Å². The molecule has 0 radical (unpaired) electrons. The molecule has 2 aromatic rings. The molecule has 2 heterocycles. The summed E-state index contributed by atoms with van der Waals surface area (Å²) in [5.74, 6) is -0.293. The molecule has 1 N–H and O–H groups in total. The van der Waals surface area contributed by atoms with Gasteiger partial charge in [0, 0.05) is 29.7 Å². The highest BCUT2D eigenvalue weighted by atomic mass is 16.6. The molecule has 1 aromatic heterocycles. The van der Waals surface area contributed by atoms with Crippen LogP contribution in [0.1, 0.15) is 25.5 Å². The number of carbonyl (C=O) groups excluding carboxylic acids is 1. The fraction of sp³-hybridized carbons (Fsp3) is 0.412. The first kappa shape index (κ1) is 16.5. The molecule has 1 aliphatic heterocycles. The van der Waals surface area contributed by atoms with Crippen molar-refractivity contribution in [1.82, 2.24) is 0 Å². The van der Waals surface area contributed by atoms with Crippen LogP contribution in [0.25, 0.3) is 11.0 Å². The van der Waals surface area contributed by atoms with Gasteiger partial charge in [-0.15, -0.1) is 0 Å². The quantitative estimate of drug-likeness (QED) is 0.669. The van der Waals surface area contributed by atoms with E-state index in [9.17, 15) is 14.7 Å². The minimum atomic E-state index is -1.44. The van der Waals surface area contributed by atoms with Gasteiger partial charge in [-0.1, -0.05) is 0 Å². The van der Waals surface area contributed by atoms with Gasteiger partial charge < -0.3 is 23.7 Å². The van der Waals surface area contributed by atoms with Crippen LogP contribution >= 0.6 is 0 Å². The van der Waals surface area contributed by atoms with Crippen LogP contribution < -0.4 is 10.4 Å². The average molecular weight is 334 g/mol. The summed E-state index contributed by atoms with van der Waals surface area (Å²) in [7, 11) is 1.44. The minimum absolute atomic E-state index is 0.259. The zero-order valence-electron chi connectivity index (χ0n) is 13.6. The van der Waals surface area contributed by atoms with Gasteiger partial charge in [0.2, 0.25) is 0 Å². The Labute approximate surface area is 137 Å². The fourth-order valence-corrected chi connectivity index (χ4v) is 2.90. The van der Waals surface area contributed by atoms with Crippen molar-refractivity contribution >= 4 is 16.9 Å². The van der Waals surface area contributed by atoms with Crippen molar-refractivity contribution in [3.63, 3.8) is 0 Å². The summed E-state index contributed by atoms with van der Waals surface area (Å²) < 4.78 is 21.2. The van der Waals surface area contributed by atoms with Crippen molar-refractivity contribution in [3.05, 3.63) is 40.2 Å². The van der Waals surface area contributed by atoms with Crippen LogP contribution in [-0.4, -0.2) is 36.5 Å². The molecular weight excluding hydrogens is 316 g/mol. The van der Waals surface area contributed by atoms with E-state index in [0.29, 0.717) is 22.3 Å². The van der Waals surface area contributed by atoms with Crippen LogP contribution in [0.5, 0.6) is 5.75 Å². The van der Waals surface area contributed by atoms with Crippen molar-refractivity contribution in [2.24, 2.45) is 0 Å². The van der Waals surface area contributed by atoms with E-state index in [-0.39, 0.29) is 6.61 Å². The molecule has 3 rings (SSSR count). The number of methoxy groups -OCH3 is 1. The SMILES string of the molecule is CCO[C@@]1(C)C(=O)O[C@H](c2cc3ccc(=O)oc3cc2OC)[C@H]1O. The first-order valence-electron chi connectivity index (χ1n) is 7.55. The molecule has 7 heteroatoms. The van der Waals surface area contributed by atoms with E-state index in [1.165, 1.54) is 26.2 Å². The second kappa shape index (κ2) is 5.92. The molecule has 0 bridgehead atoms. The van der Waals surface area contributed by atoms with E-state index in [1.54, 1.807) is 19.1 Å². The standard InChI is InChI=1S/C17H18O7/c1-4-22-17(2)15(19)14(24-16(17)20)10-7-9-5-6-13(18)23-11(9)8-12(10)21-3/h5-8,14-15,19H,4H2,1-3H3/t14-,15-,17-/m1/s1. The molecule has 0 unspecified atom stereocenters. The summed E-state index contributed by atoms with van der Waals surface area (Å²) in [5.41, 5.74) is -1.10. The van der Waals surface area contributed by atoms with Crippen molar-refractivity contribution < 1.29 is 28.5 Å². The summed E-state index contributed by atoms with van der Waals surface area (Å²) in [6.07, 6.45) is -2.15. The third-order valence-electron chi connectivity index (χ3n) is 4.21. The number of benzene rings is 1. The van der Waals surface area contributed by atoms with E-state index in [4.69, 9.17) is 18.6 Å². The first-order chi connectivity index (χ1) is 11.4. The normalized spacial score (nSPS) is 26.6. The summed E-state index contributed by atoms with van der Waals surface area (Å²) in [4.78, 5) is 23.5. The van der Waals surface area contributed by atoms with Crippen LogP contribution in [0.3, 0.4) is 0 Å². The van der Waals surface area contributed by atoms with Crippen LogP contribution in [0.2, 0.25) is 0 Å². The molecule has 0 saturated carbocycles. The Morgan fingerprint density at radius 2 is 2.04 bits per heavy atom. The third-order valence-corrected chi connectivity index (χ3v) is 4.21. The molecular formula is C17H18O7. The number of ether oxygens (including phenoxy) is 3. The highest BCUT2D eigenvalue weighted by Gasteiger charge is 2.56. The summed E-state index contributed by atoms with van der Waals surface area (Å²) >= 11 is 0. The maximum Gasteiger partial charge on any atom is 0.341 e. The van der Waals surface area contributed by atoms with Crippen LogP contribution in [-0.2, 0) is 14.3 Å². The van der Waals surface area contributed by atoms with Gasteiger partial charge in [0.15, 0.2) is 11.7 Å². The molecule has 0 aliphatic carbocycles. The first-order valence-corrected chi connectivity index (χ1v) is 7.55. The number of hydrogen-bond acceptors (Lipinski definition) is 7. The van der Waals surface area contributed by atoms with Crippen molar-refractivity contribution in [1.29, 1.82) is 0 Å². The van der Waals surface area contributed by atoms with E-state index >= 15 is 0 Å². The number of carbonyl (C=O) groups is 1. The Morgan fingerprint density at radius 3 is 2.71 bits per heavy atom. The lowest BCUT2D eigenvalue weighted by Gasteiger charge is -2.25. The number of aliphatic hydroxyl groups is 1. The second-order valence-electron chi connectivity index (χ2n) is 5.70. The third kappa shape index (κ3) is 2.46. The van der Waals surface area contributed by atoms with Crippen LogP contribution in [0.4, 0.5) is 0 Å². The molecule has 3 atom stereocenters. The maximum atomic E-state index is 12.2.